The van der Waals surface area contributed by atoms with Gasteiger partial charge in [0.15, 0.2) is 0 Å². The van der Waals surface area contributed by atoms with Crippen molar-refractivity contribution in [1.29, 1.82) is 0 Å². The fraction of sp³-hybridized carbons (Fsp3) is 0.0625. The number of para-hydroxylation sites is 1. The summed E-state index contributed by atoms with van der Waals surface area (Å²) in [4.78, 5) is 11.9. The lowest BCUT2D eigenvalue weighted by atomic mass is 10.2. The Balaban J connectivity index is 2.14. The Hall–Kier alpha value is -2.14. The topological polar surface area (TPSA) is 26.3 Å². The molecule has 2 aromatic rings. The molecule has 0 spiro atoms. The van der Waals surface area contributed by atoms with Gasteiger partial charge in [0.2, 0.25) is 0 Å². The Morgan fingerprint density at radius 3 is 2.76 bits per heavy atom. The number of benzene rings is 2. The first kappa shape index (κ1) is 15.3. The fourth-order valence-electron chi connectivity index (χ4n) is 1.61. The quantitative estimate of drug-likeness (QED) is 0.355. The highest BCUT2D eigenvalue weighted by Gasteiger charge is 2.09. The molecule has 0 aliphatic carbocycles. The first-order chi connectivity index (χ1) is 10.1. The van der Waals surface area contributed by atoms with Crippen LogP contribution in [-0.4, -0.2) is 5.97 Å². The summed E-state index contributed by atoms with van der Waals surface area (Å²) in [5.41, 5.74) is 0.254. The predicted octanol–water partition coefficient (Wildman–Crippen LogP) is 4.35. The van der Waals surface area contributed by atoms with E-state index < -0.39 is 17.6 Å². The second kappa shape index (κ2) is 7.04. The molecule has 0 amide bonds. The van der Waals surface area contributed by atoms with Crippen LogP contribution in [0.3, 0.4) is 0 Å². The molecule has 0 aromatic heterocycles. The van der Waals surface area contributed by atoms with Crippen LogP contribution in [0.5, 0.6) is 5.75 Å². The smallest absolute Gasteiger partial charge is 0.335 e. The molecule has 0 bridgehead atoms. The van der Waals surface area contributed by atoms with E-state index in [1.165, 1.54) is 11.8 Å². The average Bonchev–Trinajstić information content (AvgIpc) is 2.49. The monoisotopic (exact) mass is 306 g/mol. The Labute approximate surface area is 125 Å². The fourth-order valence-corrected chi connectivity index (χ4v) is 2.57. The normalized spacial score (nSPS) is 10.2. The summed E-state index contributed by atoms with van der Waals surface area (Å²) in [5, 5.41) is 0. The molecule has 5 heteroatoms. The van der Waals surface area contributed by atoms with Crippen LogP contribution in [0.15, 0.2) is 60.0 Å². The lowest BCUT2D eigenvalue weighted by molar-refractivity contribution is -0.129. The summed E-state index contributed by atoms with van der Waals surface area (Å²) >= 11 is 1.26. The van der Waals surface area contributed by atoms with Crippen LogP contribution >= 0.6 is 11.8 Å². The van der Waals surface area contributed by atoms with E-state index in [1.807, 2.05) is 0 Å². The summed E-state index contributed by atoms with van der Waals surface area (Å²) in [6, 6.07) is 10.2. The highest BCUT2D eigenvalue weighted by molar-refractivity contribution is 7.98. The number of hydrogen-bond donors (Lipinski definition) is 0. The number of halogens is 2. The number of esters is 1. The van der Waals surface area contributed by atoms with Crippen molar-refractivity contribution in [2.24, 2.45) is 0 Å². The molecule has 2 aromatic carbocycles. The standard InChI is InChI=1S/C16H12F2O2S/c1-2-16(19)20-14-5-3-4-6-15(14)21-10-11-9-12(17)7-8-13(11)18/h2-9H,1,10H2. The van der Waals surface area contributed by atoms with Crippen LogP contribution in [0.4, 0.5) is 8.78 Å². The van der Waals surface area contributed by atoms with Crippen LogP contribution in [0.2, 0.25) is 0 Å². The molecule has 2 nitrogen and oxygen atoms in total. The zero-order valence-electron chi connectivity index (χ0n) is 11.0. The van der Waals surface area contributed by atoms with Gasteiger partial charge in [0, 0.05) is 17.4 Å². The van der Waals surface area contributed by atoms with Crippen molar-refractivity contribution in [1.82, 2.24) is 0 Å². The highest BCUT2D eigenvalue weighted by Crippen LogP contribution is 2.32. The van der Waals surface area contributed by atoms with Crippen LogP contribution in [0.1, 0.15) is 5.56 Å². The molecular weight excluding hydrogens is 294 g/mol. The van der Waals surface area contributed by atoms with E-state index in [0.29, 0.717) is 10.6 Å². The van der Waals surface area contributed by atoms with E-state index in [2.05, 4.69) is 6.58 Å². The first-order valence-electron chi connectivity index (χ1n) is 6.10. The zero-order valence-corrected chi connectivity index (χ0v) is 11.8. The van der Waals surface area contributed by atoms with Gasteiger partial charge in [0.25, 0.3) is 0 Å². The van der Waals surface area contributed by atoms with Crippen LogP contribution in [0.25, 0.3) is 0 Å². The van der Waals surface area contributed by atoms with Crippen molar-refractivity contribution in [3.05, 3.63) is 72.3 Å². The lowest BCUT2D eigenvalue weighted by Crippen LogP contribution is -2.03. The molecule has 0 saturated carbocycles. The van der Waals surface area contributed by atoms with Crippen LogP contribution in [0, 0.1) is 11.6 Å². The number of ether oxygens (including phenoxy) is 1. The summed E-state index contributed by atoms with van der Waals surface area (Å²) in [6.45, 7) is 3.33. The molecule has 0 atom stereocenters. The van der Waals surface area contributed by atoms with E-state index in [-0.39, 0.29) is 11.3 Å². The van der Waals surface area contributed by atoms with Gasteiger partial charge < -0.3 is 4.74 Å². The maximum atomic E-state index is 13.6. The third kappa shape index (κ3) is 4.16. The zero-order chi connectivity index (χ0) is 15.2. The Kier molecular flexibility index (Phi) is 5.11. The largest absolute Gasteiger partial charge is 0.422 e. The van der Waals surface area contributed by atoms with E-state index in [9.17, 15) is 13.6 Å². The summed E-state index contributed by atoms with van der Waals surface area (Å²) in [5.74, 6) is -0.932. The van der Waals surface area contributed by atoms with Crippen molar-refractivity contribution in [2.45, 2.75) is 10.6 Å². The Morgan fingerprint density at radius 2 is 2.00 bits per heavy atom. The summed E-state index contributed by atoms with van der Waals surface area (Å²) in [7, 11) is 0. The minimum Gasteiger partial charge on any atom is -0.422 e. The number of carbonyl (C=O) groups excluding carboxylic acids is 1. The summed E-state index contributed by atoms with van der Waals surface area (Å²) < 4.78 is 31.8. The van der Waals surface area contributed by atoms with E-state index in [1.54, 1.807) is 24.3 Å². The molecule has 0 heterocycles. The third-order valence-corrected chi connectivity index (χ3v) is 3.72. The maximum Gasteiger partial charge on any atom is 0.335 e. The van der Waals surface area contributed by atoms with Gasteiger partial charge in [-0.1, -0.05) is 18.7 Å². The second-order valence-electron chi connectivity index (χ2n) is 4.10. The molecule has 0 aliphatic heterocycles. The molecule has 0 saturated heterocycles. The highest BCUT2D eigenvalue weighted by atomic mass is 32.2. The minimum absolute atomic E-state index is 0.228. The molecule has 0 radical (unpaired) electrons. The number of thioether (sulfide) groups is 1. The third-order valence-electron chi connectivity index (χ3n) is 2.62. The molecule has 21 heavy (non-hydrogen) atoms. The van der Waals surface area contributed by atoms with E-state index in [0.717, 1.165) is 24.3 Å². The van der Waals surface area contributed by atoms with Crippen molar-refractivity contribution in [2.75, 3.05) is 0 Å². The van der Waals surface area contributed by atoms with Crippen molar-refractivity contribution >= 4 is 17.7 Å². The first-order valence-corrected chi connectivity index (χ1v) is 7.08. The molecule has 2 rings (SSSR count). The van der Waals surface area contributed by atoms with Crippen LogP contribution < -0.4 is 4.74 Å². The van der Waals surface area contributed by atoms with Gasteiger partial charge >= 0.3 is 5.97 Å². The molecule has 0 N–H and O–H groups in total. The van der Waals surface area contributed by atoms with E-state index >= 15 is 0 Å². The van der Waals surface area contributed by atoms with E-state index in [4.69, 9.17) is 4.74 Å². The van der Waals surface area contributed by atoms with Gasteiger partial charge in [-0.2, -0.15) is 0 Å². The second-order valence-corrected chi connectivity index (χ2v) is 5.11. The van der Waals surface area contributed by atoms with Crippen molar-refractivity contribution < 1.29 is 18.3 Å². The molecule has 108 valence electrons. The number of hydrogen-bond acceptors (Lipinski definition) is 3. The van der Waals surface area contributed by atoms with Gasteiger partial charge in [-0.25, -0.2) is 13.6 Å². The molecular formula is C16H12F2O2S. The predicted molar refractivity (Wildman–Crippen MR) is 78.2 cm³/mol. The molecule has 0 aliphatic rings. The van der Waals surface area contributed by atoms with Gasteiger partial charge in [0.05, 0.1) is 4.90 Å². The minimum atomic E-state index is -0.569. The van der Waals surface area contributed by atoms with Crippen molar-refractivity contribution in [3.8, 4) is 5.75 Å². The molecule has 0 fully saturated rings. The SMILES string of the molecule is C=CC(=O)Oc1ccccc1SCc1cc(F)ccc1F. The van der Waals surface area contributed by atoms with Crippen LogP contribution in [-0.2, 0) is 10.5 Å². The van der Waals surface area contributed by atoms with Gasteiger partial charge in [-0.15, -0.1) is 11.8 Å². The molecule has 0 unspecified atom stereocenters. The Bertz CT molecular complexity index is 671. The van der Waals surface area contributed by atoms with Gasteiger partial charge in [0.1, 0.15) is 17.4 Å². The average molecular weight is 306 g/mol. The number of carbonyl (C=O) groups is 1. The lowest BCUT2D eigenvalue weighted by Gasteiger charge is -2.09. The maximum absolute atomic E-state index is 13.6. The van der Waals surface area contributed by atoms with Gasteiger partial charge in [-0.3, -0.25) is 0 Å². The Morgan fingerprint density at radius 1 is 1.24 bits per heavy atom. The number of rotatable bonds is 5. The van der Waals surface area contributed by atoms with Gasteiger partial charge in [-0.05, 0) is 30.3 Å². The summed E-state index contributed by atoms with van der Waals surface area (Å²) in [6.07, 6.45) is 1.06. The van der Waals surface area contributed by atoms with Crippen molar-refractivity contribution in [3.63, 3.8) is 0 Å².